The molecular weight excluding hydrogens is 202 g/mol. The van der Waals surface area contributed by atoms with Crippen molar-refractivity contribution in [2.24, 2.45) is 5.41 Å². The highest BCUT2D eigenvalue weighted by Crippen LogP contribution is 2.39. The first kappa shape index (κ1) is 11.2. The second kappa shape index (κ2) is 4.26. The first-order valence-corrected chi connectivity index (χ1v) is 6.79. The fourth-order valence-electron chi connectivity index (χ4n) is 2.31. The third kappa shape index (κ3) is 2.43. The van der Waals surface area contributed by atoms with Crippen molar-refractivity contribution in [2.45, 2.75) is 46.6 Å². The molecule has 1 aliphatic rings. The molecule has 0 bridgehead atoms. The molecule has 0 aromatic carbocycles. The SMILES string of the molecule is CCNCc1csc2c1CCC(C)(C)C2. The van der Waals surface area contributed by atoms with Crippen LogP contribution in [0.3, 0.4) is 0 Å². The molecule has 1 heterocycles. The Labute approximate surface area is 96.9 Å². The summed E-state index contributed by atoms with van der Waals surface area (Å²) in [5.41, 5.74) is 3.72. The highest BCUT2D eigenvalue weighted by Gasteiger charge is 2.27. The molecule has 2 rings (SSSR count). The number of fused-ring (bicyclic) bond motifs is 1. The van der Waals surface area contributed by atoms with E-state index in [9.17, 15) is 0 Å². The van der Waals surface area contributed by atoms with Crippen LogP contribution in [0.4, 0.5) is 0 Å². The van der Waals surface area contributed by atoms with Crippen molar-refractivity contribution in [2.75, 3.05) is 6.54 Å². The Morgan fingerprint density at radius 2 is 2.27 bits per heavy atom. The van der Waals surface area contributed by atoms with Crippen LogP contribution in [0.25, 0.3) is 0 Å². The van der Waals surface area contributed by atoms with Crippen molar-refractivity contribution in [3.05, 3.63) is 21.4 Å². The predicted molar refractivity (Wildman–Crippen MR) is 67.5 cm³/mol. The maximum Gasteiger partial charge on any atom is 0.0216 e. The van der Waals surface area contributed by atoms with Crippen LogP contribution in [0.2, 0.25) is 0 Å². The highest BCUT2D eigenvalue weighted by atomic mass is 32.1. The zero-order valence-corrected chi connectivity index (χ0v) is 10.8. The van der Waals surface area contributed by atoms with Crippen molar-refractivity contribution in [1.82, 2.24) is 5.32 Å². The van der Waals surface area contributed by atoms with Gasteiger partial charge in [0, 0.05) is 11.4 Å². The van der Waals surface area contributed by atoms with Crippen LogP contribution in [0.5, 0.6) is 0 Å². The summed E-state index contributed by atoms with van der Waals surface area (Å²) >= 11 is 1.96. The van der Waals surface area contributed by atoms with Crippen molar-refractivity contribution in [1.29, 1.82) is 0 Å². The standard InChI is InChI=1S/C13H21NS/c1-4-14-8-10-9-15-12-7-13(2,3)6-5-11(10)12/h9,14H,4-8H2,1-3H3. The van der Waals surface area contributed by atoms with Crippen LogP contribution in [0.1, 0.15) is 43.2 Å². The second-order valence-electron chi connectivity index (χ2n) is 5.28. The van der Waals surface area contributed by atoms with Gasteiger partial charge in [-0.3, -0.25) is 0 Å². The van der Waals surface area contributed by atoms with Gasteiger partial charge in [-0.25, -0.2) is 0 Å². The monoisotopic (exact) mass is 223 g/mol. The third-order valence-corrected chi connectivity index (χ3v) is 4.40. The van der Waals surface area contributed by atoms with Gasteiger partial charge in [0.05, 0.1) is 0 Å². The van der Waals surface area contributed by atoms with Crippen LogP contribution < -0.4 is 5.32 Å². The molecule has 2 heteroatoms. The van der Waals surface area contributed by atoms with Crippen LogP contribution in [0, 0.1) is 5.41 Å². The van der Waals surface area contributed by atoms with Gasteiger partial charge < -0.3 is 5.32 Å². The van der Waals surface area contributed by atoms with Gasteiger partial charge in [-0.1, -0.05) is 20.8 Å². The fourth-order valence-corrected chi connectivity index (χ4v) is 3.67. The first-order valence-electron chi connectivity index (χ1n) is 5.91. The zero-order valence-electron chi connectivity index (χ0n) is 10.0. The van der Waals surface area contributed by atoms with Crippen molar-refractivity contribution in [3.63, 3.8) is 0 Å². The molecule has 15 heavy (non-hydrogen) atoms. The molecule has 0 amide bonds. The second-order valence-corrected chi connectivity index (χ2v) is 6.25. The third-order valence-electron chi connectivity index (χ3n) is 3.32. The summed E-state index contributed by atoms with van der Waals surface area (Å²) < 4.78 is 0. The van der Waals surface area contributed by atoms with E-state index in [0.29, 0.717) is 5.41 Å². The largest absolute Gasteiger partial charge is 0.313 e. The van der Waals surface area contributed by atoms with Gasteiger partial charge in [0.1, 0.15) is 0 Å². The van der Waals surface area contributed by atoms with Gasteiger partial charge >= 0.3 is 0 Å². The molecule has 0 spiro atoms. The molecule has 1 nitrogen and oxygen atoms in total. The van der Waals surface area contributed by atoms with E-state index >= 15 is 0 Å². The van der Waals surface area contributed by atoms with Crippen LogP contribution in [-0.2, 0) is 19.4 Å². The average Bonchev–Trinajstić information content (AvgIpc) is 2.55. The van der Waals surface area contributed by atoms with E-state index < -0.39 is 0 Å². The van der Waals surface area contributed by atoms with E-state index in [2.05, 4.69) is 31.5 Å². The normalized spacial score (nSPS) is 18.9. The maximum absolute atomic E-state index is 3.43. The van der Waals surface area contributed by atoms with E-state index in [1.54, 1.807) is 16.0 Å². The van der Waals surface area contributed by atoms with Crippen LogP contribution >= 0.6 is 11.3 Å². The Bertz CT molecular complexity index is 338. The molecule has 1 aliphatic carbocycles. The number of rotatable bonds is 3. The first-order chi connectivity index (χ1) is 7.12. The fraction of sp³-hybridized carbons (Fsp3) is 0.692. The number of hydrogen-bond acceptors (Lipinski definition) is 2. The van der Waals surface area contributed by atoms with Gasteiger partial charge in [0.15, 0.2) is 0 Å². The van der Waals surface area contributed by atoms with Crippen molar-refractivity contribution in [3.8, 4) is 0 Å². The molecule has 84 valence electrons. The summed E-state index contributed by atoms with van der Waals surface area (Å²) in [5.74, 6) is 0. The van der Waals surface area contributed by atoms with Crippen molar-refractivity contribution >= 4 is 11.3 Å². The van der Waals surface area contributed by atoms with Crippen LogP contribution in [0.15, 0.2) is 5.38 Å². The highest BCUT2D eigenvalue weighted by molar-refractivity contribution is 7.10. The Morgan fingerprint density at radius 1 is 1.47 bits per heavy atom. The Balaban J connectivity index is 2.15. The molecule has 0 fully saturated rings. The average molecular weight is 223 g/mol. The molecule has 1 aromatic rings. The van der Waals surface area contributed by atoms with Gasteiger partial charge in [0.2, 0.25) is 0 Å². The van der Waals surface area contributed by atoms with E-state index in [1.807, 2.05) is 11.3 Å². The summed E-state index contributed by atoms with van der Waals surface area (Å²) in [6.45, 7) is 9.07. The number of nitrogens with one attached hydrogen (secondary N) is 1. The minimum absolute atomic E-state index is 0.521. The minimum Gasteiger partial charge on any atom is -0.313 e. The zero-order chi connectivity index (χ0) is 10.9. The number of thiophene rings is 1. The molecular formula is C13H21NS. The molecule has 1 aromatic heterocycles. The van der Waals surface area contributed by atoms with E-state index in [-0.39, 0.29) is 0 Å². The van der Waals surface area contributed by atoms with E-state index in [4.69, 9.17) is 0 Å². The lowest BCUT2D eigenvalue weighted by atomic mass is 9.77. The molecule has 0 radical (unpaired) electrons. The summed E-state index contributed by atoms with van der Waals surface area (Å²) in [6, 6.07) is 0. The smallest absolute Gasteiger partial charge is 0.0216 e. The summed E-state index contributed by atoms with van der Waals surface area (Å²) in [6.07, 6.45) is 3.90. The van der Waals surface area contributed by atoms with E-state index in [0.717, 1.165) is 13.1 Å². The molecule has 0 saturated heterocycles. The summed E-state index contributed by atoms with van der Waals surface area (Å²) in [4.78, 5) is 1.64. The van der Waals surface area contributed by atoms with Gasteiger partial charge in [0.25, 0.3) is 0 Å². The molecule has 1 N–H and O–H groups in total. The van der Waals surface area contributed by atoms with E-state index in [1.165, 1.54) is 19.3 Å². The molecule has 0 atom stereocenters. The van der Waals surface area contributed by atoms with Gasteiger partial charge in [-0.05, 0) is 47.7 Å². The van der Waals surface area contributed by atoms with Gasteiger partial charge in [-0.2, -0.15) is 0 Å². The molecule has 0 saturated carbocycles. The van der Waals surface area contributed by atoms with Crippen molar-refractivity contribution < 1.29 is 0 Å². The Hall–Kier alpha value is -0.340. The lowest BCUT2D eigenvalue weighted by Gasteiger charge is -2.29. The molecule has 0 unspecified atom stereocenters. The quantitative estimate of drug-likeness (QED) is 0.828. The molecule has 0 aliphatic heterocycles. The predicted octanol–water partition coefficient (Wildman–Crippen LogP) is 3.37. The minimum atomic E-state index is 0.521. The Kier molecular flexibility index (Phi) is 3.17. The number of hydrogen-bond donors (Lipinski definition) is 1. The summed E-state index contributed by atoms with van der Waals surface area (Å²) in [5, 5.41) is 5.78. The topological polar surface area (TPSA) is 12.0 Å². The Morgan fingerprint density at radius 3 is 3.00 bits per heavy atom. The summed E-state index contributed by atoms with van der Waals surface area (Å²) in [7, 11) is 0. The lowest BCUT2D eigenvalue weighted by Crippen LogP contribution is -2.22. The maximum atomic E-state index is 3.43. The lowest BCUT2D eigenvalue weighted by molar-refractivity contribution is 0.318. The van der Waals surface area contributed by atoms with Gasteiger partial charge in [-0.15, -0.1) is 11.3 Å². The van der Waals surface area contributed by atoms with Crippen LogP contribution in [-0.4, -0.2) is 6.54 Å².